The fourth-order valence-corrected chi connectivity index (χ4v) is 3.39. The summed E-state index contributed by atoms with van der Waals surface area (Å²) in [5.41, 5.74) is 2.25. The van der Waals surface area contributed by atoms with E-state index in [-0.39, 0.29) is 18.7 Å². The van der Waals surface area contributed by atoms with Crippen LogP contribution in [0.15, 0.2) is 18.2 Å². The van der Waals surface area contributed by atoms with Crippen molar-refractivity contribution in [1.82, 2.24) is 14.9 Å². The summed E-state index contributed by atoms with van der Waals surface area (Å²) < 4.78 is 4.79. The molecule has 0 spiro atoms. The Morgan fingerprint density at radius 3 is 3.20 bits per heavy atom. The topological polar surface area (TPSA) is 72.0 Å². The van der Waals surface area contributed by atoms with Gasteiger partial charge in [-0.05, 0) is 0 Å². The highest BCUT2D eigenvalue weighted by atomic mass is 32.1. The van der Waals surface area contributed by atoms with Crippen LogP contribution in [0.2, 0.25) is 0 Å². The molecule has 8 heteroatoms. The van der Waals surface area contributed by atoms with E-state index in [4.69, 9.17) is 9.57 Å². The highest BCUT2D eigenvalue weighted by molar-refractivity contribution is 7.09. The number of hydroxylamine groups is 2. The number of carbonyl (C=O) groups is 2. The van der Waals surface area contributed by atoms with Gasteiger partial charge in [0.2, 0.25) is 0 Å². The number of hydrogen-bond acceptors (Lipinski definition) is 6. The number of carbonyl (C=O) groups excluding carboxylic acids is 2. The van der Waals surface area contributed by atoms with Crippen molar-refractivity contribution in [2.75, 3.05) is 20.3 Å². The van der Waals surface area contributed by atoms with Crippen LogP contribution in [-0.4, -0.2) is 47.2 Å². The van der Waals surface area contributed by atoms with Gasteiger partial charge in [-0.2, -0.15) is 5.06 Å². The maximum Gasteiger partial charge on any atom is 0.345 e. The summed E-state index contributed by atoms with van der Waals surface area (Å²) in [6.07, 6.45) is 1.57. The molecule has 1 aromatic rings. The van der Waals surface area contributed by atoms with Crippen LogP contribution < -0.4 is 0 Å². The van der Waals surface area contributed by atoms with Crippen molar-refractivity contribution in [1.29, 1.82) is 0 Å². The zero-order chi connectivity index (χ0) is 14.3. The van der Waals surface area contributed by atoms with Crippen molar-refractivity contribution in [3.05, 3.63) is 28.7 Å². The summed E-state index contributed by atoms with van der Waals surface area (Å²) in [4.78, 5) is 36.2. The second kappa shape index (κ2) is 4.88. The first kappa shape index (κ1) is 13.1. The molecule has 2 aliphatic heterocycles. The van der Waals surface area contributed by atoms with Gasteiger partial charge in [0.1, 0.15) is 6.04 Å². The third-order valence-electron chi connectivity index (χ3n) is 3.34. The van der Waals surface area contributed by atoms with Crippen LogP contribution in [0.4, 0.5) is 4.79 Å². The minimum absolute atomic E-state index is 0.229. The Morgan fingerprint density at radius 2 is 2.50 bits per heavy atom. The Hall–Kier alpha value is -1.93. The lowest BCUT2D eigenvalue weighted by molar-refractivity contribution is -0.146. The Morgan fingerprint density at radius 1 is 1.70 bits per heavy atom. The van der Waals surface area contributed by atoms with Crippen LogP contribution in [0, 0.1) is 0 Å². The number of aromatic nitrogens is 1. The van der Waals surface area contributed by atoms with Crippen LogP contribution in [0.25, 0.3) is 0 Å². The monoisotopic (exact) mass is 295 g/mol. The molecule has 2 amide bonds. The molecule has 0 aromatic carbocycles. The van der Waals surface area contributed by atoms with Crippen molar-refractivity contribution in [3.63, 3.8) is 0 Å². The van der Waals surface area contributed by atoms with Gasteiger partial charge in [-0.1, -0.05) is 6.08 Å². The average molecular weight is 295 g/mol. The normalized spacial score (nSPS) is 23.8. The third kappa shape index (κ3) is 1.72. The Labute approximate surface area is 119 Å². The number of amides is 2. The first-order chi connectivity index (χ1) is 9.69. The number of esters is 1. The van der Waals surface area contributed by atoms with Gasteiger partial charge in [0.15, 0.2) is 6.04 Å². The summed E-state index contributed by atoms with van der Waals surface area (Å²) in [6, 6.07) is -1.37. The summed E-state index contributed by atoms with van der Waals surface area (Å²) in [6.45, 7) is 4.19. The predicted octanol–water partition coefficient (Wildman–Crippen LogP) is 1.27. The zero-order valence-corrected chi connectivity index (χ0v) is 11.6. The minimum Gasteiger partial charge on any atom is -0.467 e. The van der Waals surface area contributed by atoms with Gasteiger partial charge in [-0.15, -0.1) is 17.9 Å². The fraction of sp³-hybridized carbons (Fsp3) is 0.417. The lowest BCUT2D eigenvalue weighted by Crippen LogP contribution is -2.39. The molecular formula is C12H13N3O4S. The van der Waals surface area contributed by atoms with Crippen LogP contribution in [0.5, 0.6) is 0 Å². The van der Waals surface area contributed by atoms with E-state index in [1.54, 1.807) is 11.6 Å². The van der Waals surface area contributed by atoms with Crippen LogP contribution in [-0.2, 0) is 14.4 Å². The van der Waals surface area contributed by atoms with E-state index in [9.17, 15) is 9.59 Å². The Balaban J connectivity index is 2.00. The quantitative estimate of drug-likeness (QED) is 0.618. The number of fused-ring (bicyclic) bond motifs is 4. The van der Waals surface area contributed by atoms with Crippen LogP contribution in [0.3, 0.4) is 0 Å². The molecule has 7 nitrogen and oxygen atoms in total. The molecule has 1 fully saturated rings. The third-order valence-corrected chi connectivity index (χ3v) is 4.29. The molecule has 0 unspecified atom stereocenters. The lowest BCUT2D eigenvalue weighted by Gasteiger charge is -2.27. The number of rotatable bonds is 4. The van der Waals surface area contributed by atoms with Gasteiger partial charge in [-0.25, -0.2) is 14.6 Å². The number of thiazole rings is 1. The van der Waals surface area contributed by atoms with Gasteiger partial charge >= 0.3 is 12.0 Å². The molecule has 0 saturated carbocycles. The SMILES string of the molecule is C=CCON1C(=O)N2C[C@@H]1c1scnc1[C@H]2C(=O)OC. The summed E-state index contributed by atoms with van der Waals surface area (Å²) in [5, 5.41) is 1.29. The van der Waals surface area contributed by atoms with E-state index in [0.29, 0.717) is 12.2 Å². The molecule has 20 heavy (non-hydrogen) atoms. The van der Waals surface area contributed by atoms with E-state index >= 15 is 0 Å². The van der Waals surface area contributed by atoms with Crippen molar-refractivity contribution < 1.29 is 19.2 Å². The largest absolute Gasteiger partial charge is 0.467 e. The number of urea groups is 1. The van der Waals surface area contributed by atoms with E-state index < -0.39 is 12.0 Å². The van der Waals surface area contributed by atoms with E-state index in [1.807, 2.05) is 0 Å². The summed E-state index contributed by atoms with van der Waals surface area (Å²) in [7, 11) is 1.30. The van der Waals surface area contributed by atoms with Crippen LogP contribution in [0.1, 0.15) is 22.7 Å². The number of hydrogen-bond donors (Lipinski definition) is 0. The molecule has 1 aromatic heterocycles. The summed E-state index contributed by atoms with van der Waals surface area (Å²) in [5.74, 6) is -0.491. The molecule has 0 aliphatic carbocycles. The van der Waals surface area contributed by atoms with Crippen LogP contribution >= 0.6 is 11.3 Å². The Bertz CT molecular complexity index is 573. The highest BCUT2D eigenvalue weighted by Gasteiger charge is 2.52. The molecular weight excluding hydrogens is 282 g/mol. The van der Waals surface area contributed by atoms with Gasteiger partial charge in [0, 0.05) is 0 Å². The molecule has 2 aliphatic rings. The van der Waals surface area contributed by atoms with Gasteiger partial charge in [0.05, 0.1) is 36.3 Å². The fourth-order valence-electron chi connectivity index (χ4n) is 2.50. The lowest BCUT2D eigenvalue weighted by atomic mass is 10.0. The van der Waals surface area contributed by atoms with Crippen molar-refractivity contribution in [2.45, 2.75) is 12.1 Å². The molecule has 106 valence electrons. The van der Waals surface area contributed by atoms with Gasteiger partial charge < -0.3 is 9.64 Å². The van der Waals surface area contributed by atoms with E-state index in [1.165, 1.54) is 28.4 Å². The number of ether oxygens (including phenoxy) is 1. The van der Waals surface area contributed by atoms with Gasteiger partial charge in [-0.3, -0.25) is 4.84 Å². The van der Waals surface area contributed by atoms with Crippen molar-refractivity contribution >= 4 is 23.3 Å². The molecule has 3 rings (SSSR count). The van der Waals surface area contributed by atoms with E-state index in [2.05, 4.69) is 11.6 Å². The molecule has 0 N–H and O–H groups in total. The first-order valence-corrected chi connectivity index (χ1v) is 6.91. The standard InChI is InChI=1S/C12H13N3O4S/c1-3-4-19-15-7-5-14(12(15)17)9(11(16)18-2)8-10(7)20-6-13-8/h3,6-7,9H,1,4-5H2,2H3/t7-,9+/m1/s1. The number of nitrogens with zero attached hydrogens (tertiary/aromatic N) is 3. The van der Waals surface area contributed by atoms with E-state index in [0.717, 1.165) is 4.88 Å². The second-order valence-corrected chi connectivity index (χ2v) is 5.27. The maximum atomic E-state index is 12.4. The molecule has 1 saturated heterocycles. The minimum atomic E-state index is -0.790. The average Bonchev–Trinajstić information content (AvgIpc) is 3.03. The number of methoxy groups -OCH3 is 1. The first-order valence-electron chi connectivity index (χ1n) is 6.03. The maximum absolute atomic E-state index is 12.4. The van der Waals surface area contributed by atoms with Crippen molar-refractivity contribution in [3.8, 4) is 0 Å². The highest BCUT2D eigenvalue weighted by Crippen LogP contribution is 2.45. The zero-order valence-electron chi connectivity index (χ0n) is 10.8. The molecule has 0 radical (unpaired) electrons. The molecule has 2 bridgehead atoms. The van der Waals surface area contributed by atoms with Gasteiger partial charge in [0.25, 0.3) is 0 Å². The van der Waals surface area contributed by atoms with Crippen molar-refractivity contribution in [2.24, 2.45) is 0 Å². The predicted molar refractivity (Wildman–Crippen MR) is 69.7 cm³/mol. The molecule has 2 atom stereocenters. The summed E-state index contributed by atoms with van der Waals surface area (Å²) >= 11 is 1.41. The second-order valence-electron chi connectivity index (χ2n) is 4.39. The smallest absolute Gasteiger partial charge is 0.345 e. The molecule has 3 heterocycles. The Kier molecular flexibility index (Phi) is 3.19.